The van der Waals surface area contributed by atoms with E-state index in [1.165, 1.54) is 25.7 Å². The summed E-state index contributed by atoms with van der Waals surface area (Å²) in [6.07, 6.45) is 7.23. The predicted octanol–water partition coefficient (Wildman–Crippen LogP) is 7.14. The lowest BCUT2D eigenvalue weighted by Gasteiger charge is -2.17. The molecule has 2 rings (SSSR count). The van der Waals surface area contributed by atoms with E-state index in [4.69, 9.17) is 21.1 Å². The van der Waals surface area contributed by atoms with Crippen LogP contribution in [-0.2, 0) is 0 Å². The van der Waals surface area contributed by atoms with Crippen LogP contribution in [0.15, 0.2) is 30.3 Å². The number of benzene rings is 2. The van der Waals surface area contributed by atoms with Gasteiger partial charge in [0.05, 0.1) is 13.2 Å². The van der Waals surface area contributed by atoms with E-state index in [-0.39, 0.29) is 0 Å². The molecule has 0 spiro atoms. The van der Waals surface area contributed by atoms with Gasteiger partial charge < -0.3 is 9.47 Å². The molecule has 144 valence electrons. The van der Waals surface area contributed by atoms with Gasteiger partial charge in [0.15, 0.2) is 0 Å². The molecule has 0 aliphatic heterocycles. The van der Waals surface area contributed by atoms with Crippen LogP contribution >= 0.6 is 11.6 Å². The van der Waals surface area contributed by atoms with Crippen LogP contribution in [0.25, 0.3) is 10.8 Å². The topological polar surface area (TPSA) is 18.5 Å². The number of unbranched alkanes of at least 4 members (excludes halogenated alkanes) is 5. The molecule has 0 saturated carbocycles. The first-order valence-corrected chi connectivity index (χ1v) is 10.5. The lowest BCUT2D eigenvalue weighted by molar-refractivity contribution is 0.271. The number of hydrogen-bond donors (Lipinski definition) is 0. The van der Waals surface area contributed by atoms with Crippen LogP contribution in [0.1, 0.15) is 57.9 Å². The molecule has 0 saturated heterocycles. The summed E-state index contributed by atoms with van der Waals surface area (Å²) in [7, 11) is 0. The van der Waals surface area contributed by atoms with Crippen LogP contribution in [0.2, 0.25) is 0 Å². The molecule has 0 bridgehead atoms. The Morgan fingerprint density at radius 3 is 2.23 bits per heavy atom. The zero-order valence-corrected chi connectivity index (χ0v) is 17.3. The minimum Gasteiger partial charge on any atom is -0.493 e. The van der Waals surface area contributed by atoms with E-state index in [2.05, 4.69) is 51.1 Å². The molecule has 0 radical (unpaired) electrons. The molecule has 3 heteroatoms. The smallest absolute Gasteiger partial charge is 0.130 e. The largest absolute Gasteiger partial charge is 0.493 e. The average Bonchev–Trinajstić information content (AvgIpc) is 2.63. The van der Waals surface area contributed by atoms with Gasteiger partial charge in [-0.3, -0.25) is 0 Å². The maximum absolute atomic E-state index is 6.13. The van der Waals surface area contributed by atoms with Gasteiger partial charge >= 0.3 is 0 Å². The van der Waals surface area contributed by atoms with E-state index in [0.717, 1.165) is 59.8 Å². The van der Waals surface area contributed by atoms with Crippen LogP contribution in [0.3, 0.4) is 0 Å². The maximum atomic E-state index is 6.13. The standard InChI is InChI=1S/C23H33ClO2/c1-18(2)17-26-23-19(3)16-22(20-12-8-9-13-21(20)23)25-15-11-7-5-4-6-10-14-24/h8-9,12-13,16,18H,4-7,10-11,14-15,17H2,1-3H3. The van der Waals surface area contributed by atoms with Gasteiger partial charge in [0.1, 0.15) is 11.5 Å². The Morgan fingerprint density at radius 2 is 1.54 bits per heavy atom. The molecule has 0 fully saturated rings. The third-order valence-corrected chi connectivity index (χ3v) is 4.76. The van der Waals surface area contributed by atoms with Gasteiger partial charge in [-0.1, -0.05) is 63.8 Å². The number of fused-ring (bicyclic) bond motifs is 1. The lowest BCUT2D eigenvalue weighted by Crippen LogP contribution is -2.06. The number of alkyl halides is 1. The third kappa shape index (κ3) is 6.39. The van der Waals surface area contributed by atoms with E-state index < -0.39 is 0 Å². The Balaban J connectivity index is 1.97. The second-order valence-electron chi connectivity index (χ2n) is 7.43. The highest BCUT2D eigenvalue weighted by atomic mass is 35.5. The van der Waals surface area contributed by atoms with Crippen molar-refractivity contribution in [3.05, 3.63) is 35.9 Å². The summed E-state index contributed by atoms with van der Waals surface area (Å²) in [6.45, 7) is 7.95. The molecule has 0 N–H and O–H groups in total. The van der Waals surface area contributed by atoms with Gasteiger partial charge in [0.25, 0.3) is 0 Å². The predicted molar refractivity (Wildman–Crippen MR) is 113 cm³/mol. The van der Waals surface area contributed by atoms with Crippen molar-refractivity contribution in [3.8, 4) is 11.5 Å². The molecule has 2 aromatic carbocycles. The average molecular weight is 377 g/mol. The van der Waals surface area contributed by atoms with Crippen molar-refractivity contribution in [2.75, 3.05) is 19.1 Å². The summed E-state index contributed by atoms with van der Waals surface area (Å²) < 4.78 is 12.2. The fourth-order valence-electron chi connectivity index (χ4n) is 3.10. The van der Waals surface area contributed by atoms with E-state index in [1.807, 2.05) is 0 Å². The van der Waals surface area contributed by atoms with Crippen molar-refractivity contribution in [1.29, 1.82) is 0 Å². The van der Waals surface area contributed by atoms with Crippen molar-refractivity contribution in [1.82, 2.24) is 0 Å². The van der Waals surface area contributed by atoms with Gasteiger partial charge in [-0.05, 0) is 37.3 Å². The number of halogens is 1. The Labute approximate surface area is 163 Å². The Bertz CT molecular complexity index is 667. The molecule has 26 heavy (non-hydrogen) atoms. The SMILES string of the molecule is Cc1cc(OCCCCCCCCCl)c2ccccc2c1OCC(C)C. The van der Waals surface area contributed by atoms with Crippen molar-refractivity contribution in [2.45, 2.75) is 59.3 Å². The summed E-state index contributed by atoms with van der Waals surface area (Å²) in [5.41, 5.74) is 1.14. The highest BCUT2D eigenvalue weighted by Gasteiger charge is 2.12. The molecule has 0 heterocycles. The normalized spacial score (nSPS) is 11.3. The Hall–Kier alpha value is -1.41. The summed E-state index contributed by atoms with van der Waals surface area (Å²) in [6, 6.07) is 10.5. The van der Waals surface area contributed by atoms with Crippen molar-refractivity contribution in [3.63, 3.8) is 0 Å². The second kappa shape index (κ2) is 11.3. The minimum absolute atomic E-state index is 0.508. The number of hydrogen-bond acceptors (Lipinski definition) is 2. The highest BCUT2D eigenvalue weighted by Crippen LogP contribution is 2.36. The van der Waals surface area contributed by atoms with Gasteiger partial charge in [0.2, 0.25) is 0 Å². The molecule has 0 atom stereocenters. The molecular weight excluding hydrogens is 344 g/mol. The summed E-state index contributed by atoms with van der Waals surface area (Å²) in [4.78, 5) is 0. The van der Waals surface area contributed by atoms with Crippen LogP contribution in [0.5, 0.6) is 11.5 Å². The maximum Gasteiger partial charge on any atom is 0.130 e. The fourth-order valence-corrected chi connectivity index (χ4v) is 3.28. The zero-order valence-electron chi connectivity index (χ0n) is 16.5. The van der Waals surface area contributed by atoms with Gasteiger partial charge in [-0.15, -0.1) is 11.6 Å². The van der Waals surface area contributed by atoms with Gasteiger partial charge in [-0.2, -0.15) is 0 Å². The quantitative estimate of drug-likeness (QED) is 0.289. The van der Waals surface area contributed by atoms with Crippen LogP contribution in [-0.4, -0.2) is 19.1 Å². The minimum atomic E-state index is 0.508. The van der Waals surface area contributed by atoms with E-state index in [0.29, 0.717) is 5.92 Å². The van der Waals surface area contributed by atoms with Crippen molar-refractivity contribution >= 4 is 22.4 Å². The first-order valence-electron chi connectivity index (χ1n) is 9.97. The monoisotopic (exact) mass is 376 g/mol. The van der Waals surface area contributed by atoms with Crippen LogP contribution in [0.4, 0.5) is 0 Å². The molecule has 0 aliphatic carbocycles. The molecular formula is C23H33ClO2. The summed E-state index contributed by atoms with van der Waals surface area (Å²) >= 11 is 5.71. The number of aryl methyl sites for hydroxylation is 1. The Kier molecular flexibility index (Phi) is 9.11. The summed E-state index contributed by atoms with van der Waals surface area (Å²) in [5.74, 6) is 3.25. The van der Waals surface area contributed by atoms with E-state index in [9.17, 15) is 0 Å². The van der Waals surface area contributed by atoms with Crippen molar-refractivity contribution in [2.24, 2.45) is 5.92 Å². The number of ether oxygens (including phenoxy) is 2. The molecule has 2 aromatic rings. The van der Waals surface area contributed by atoms with Crippen LogP contribution < -0.4 is 9.47 Å². The lowest BCUT2D eigenvalue weighted by atomic mass is 10.0. The fraction of sp³-hybridized carbons (Fsp3) is 0.565. The molecule has 0 amide bonds. The molecule has 0 aliphatic rings. The molecule has 0 unspecified atom stereocenters. The van der Waals surface area contributed by atoms with E-state index in [1.54, 1.807) is 0 Å². The first kappa shape index (κ1) is 20.9. The van der Waals surface area contributed by atoms with E-state index >= 15 is 0 Å². The first-order chi connectivity index (χ1) is 12.6. The Morgan fingerprint density at radius 1 is 0.885 bits per heavy atom. The summed E-state index contributed by atoms with van der Waals surface area (Å²) in [5, 5.41) is 2.28. The van der Waals surface area contributed by atoms with Gasteiger partial charge in [-0.25, -0.2) is 0 Å². The van der Waals surface area contributed by atoms with Crippen LogP contribution in [0, 0.1) is 12.8 Å². The van der Waals surface area contributed by atoms with Gasteiger partial charge in [0, 0.05) is 16.7 Å². The number of rotatable bonds is 12. The zero-order chi connectivity index (χ0) is 18.8. The third-order valence-electron chi connectivity index (χ3n) is 4.49. The highest BCUT2D eigenvalue weighted by molar-refractivity contribution is 6.17. The molecule has 2 nitrogen and oxygen atoms in total. The second-order valence-corrected chi connectivity index (χ2v) is 7.81. The molecule has 0 aromatic heterocycles. The van der Waals surface area contributed by atoms with Crippen molar-refractivity contribution < 1.29 is 9.47 Å².